The van der Waals surface area contributed by atoms with Crippen LogP contribution >= 0.6 is 0 Å². The highest BCUT2D eigenvalue weighted by molar-refractivity contribution is 6.17. The number of rotatable bonds is 12. The number of aliphatic hydroxyl groups excluding tert-OH is 1. The predicted octanol–water partition coefficient (Wildman–Crippen LogP) is 5.49. The van der Waals surface area contributed by atoms with Crippen molar-refractivity contribution in [2.75, 3.05) is 20.8 Å². The summed E-state index contributed by atoms with van der Waals surface area (Å²) in [5.41, 5.74) is 3.45. The molecule has 0 aliphatic carbocycles. The lowest BCUT2D eigenvalue weighted by molar-refractivity contribution is -0.236. The van der Waals surface area contributed by atoms with Crippen LogP contribution in [0.15, 0.2) is 77.8 Å². The topological polar surface area (TPSA) is 107 Å². The van der Waals surface area contributed by atoms with Gasteiger partial charge in [0.05, 0.1) is 26.9 Å². The summed E-state index contributed by atoms with van der Waals surface area (Å²) in [5, 5.41) is 10.8. The molecule has 1 fully saturated rings. The van der Waals surface area contributed by atoms with E-state index in [1.165, 1.54) is 26.5 Å². The van der Waals surface area contributed by atoms with Crippen LogP contribution in [0.4, 0.5) is 5.69 Å². The van der Waals surface area contributed by atoms with Crippen LogP contribution < -0.4 is 9.47 Å². The number of carbonyl (C=O) groups is 2. The number of nitrogens with zero attached hydrogens (tertiary/aromatic N) is 2. The van der Waals surface area contributed by atoms with Crippen molar-refractivity contribution < 1.29 is 33.6 Å². The van der Waals surface area contributed by atoms with Crippen LogP contribution in [0.25, 0.3) is 0 Å². The minimum Gasteiger partial charge on any atom is -0.497 e. The summed E-state index contributed by atoms with van der Waals surface area (Å²) in [6, 6.07) is 22.4. The number of ether oxygens (including phenoxy) is 4. The van der Waals surface area contributed by atoms with E-state index < -0.39 is 29.7 Å². The van der Waals surface area contributed by atoms with E-state index >= 15 is 0 Å². The fourth-order valence-corrected chi connectivity index (χ4v) is 5.23. The van der Waals surface area contributed by atoms with Crippen LogP contribution in [-0.2, 0) is 38.4 Å². The number of esters is 2. The molecule has 0 spiro atoms. The smallest absolute Gasteiger partial charge is 0.331 e. The van der Waals surface area contributed by atoms with Gasteiger partial charge in [-0.3, -0.25) is 9.59 Å². The molecular weight excluding hydrogens is 560 g/mol. The molecule has 44 heavy (non-hydrogen) atoms. The minimum absolute atomic E-state index is 0.0835. The highest BCUT2D eigenvalue weighted by atomic mass is 16.7. The molecule has 0 amide bonds. The lowest BCUT2D eigenvalue weighted by Crippen LogP contribution is -2.55. The van der Waals surface area contributed by atoms with Gasteiger partial charge in [0, 0.05) is 26.5 Å². The minimum atomic E-state index is -1.50. The molecule has 1 aliphatic rings. The number of aliphatic imine (C=N–C) groups is 1. The molecule has 0 unspecified atom stereocenters. The van der Waals surface area contributed by atoms with Crippen LogP contribution in [0.5, 0.6) is 11.5 Å². The van der Waals surface area contributed by atoms with Gasteiger partial charge in [-0.15, -0.1) is 0 Å². The Kier molecular flexibility index (Phi) is 10.7. The molecule has 0 saturated carbocycles. The second-order valence-electron chi connectivity index (χ2n) is 11.8. The maximum Gasteiger partial charge on any atom is 0.331 e. The summed E-state index contributed by atoms with van der Waals surface area (Å²) in [6.07, 6.45) is 1.36. The molecule has 0 bridgehead atoms. The molecule has 9 nitrogen and oxygen atoms in total. The third-order valence-electron chi connectivity index (χ3n) is 7.32. The molecule has 234 valence electrons. The van der Waals surface area contributed by atoms with Crippen molar-refractivity contribution in [3.05, 3.63) is 89.5 Å². The Bertz CT molecular complexity index is 1430. The third-order valence-corrected chi connectivity index (χ3v) is 7.32. The Balaban J connectivity index is 1.88. The fourth-order valence-electron chi connectivity index (χ4n) is 5.23. The molecular formula is C35H42N2O7. The first-order chi connectivity index (χ1) is 21.0. The highest BCUT2D eigenvalue weighted by Gasteiger charge is 2.48. The second kappa shape index (κ2) is 14.4. The van der Waals surface area contributed by atoms with Gasteiger partial charge in [0.1, 0.15) is 23.0 Å². The van der Waals surface area contributed by atoms with Crippen LogP contribution in [0.1, 0.15) is 44.4 Å². The SMILES string of the molecule is COc1ccc(N=C(C2C(=O)OC(C)(C)OC2=O)N(Cc2ccc(CC(C)C)cc2)[C@@H](CO)Cc2ccccc2)c(OC)c1. The van der Waals surface area contributed by atoms with E-state index in [0.29, 0.717) is 29.5 Å². The molecule has 9 heteroatoms. The first kappa shape index (κ1) is 32.5. The molecule has 1 N–H and O–H groups in total. The highest BCUT2D eigenvalue weighted by Crippen LogP contribution is 2.35. The zero-order chi connectivity index (χ0) is 31.9. The van der Waals surface area contributed by atoms with Crippen molar-refractivity contribution in [1.29, 1.82) is 0 Å². The molecule has 0 aromatic heterocycles. The summed E-state index contributed by atoms with van der Waals surface area (Å²) >= 11 is 0. The van der Waals surface area contributed by atoms with E-state index in [9.17, 15) is 14.7 Å². The molecule has 3 aromatic carbocycles. The molecule has 1 heterocycles. The molecule has 1 atom stereocenters. The van der Waals surface area contributed by atoms with E-state index in [0.717, 1.165) is 17.5 Å². The van der Waals surface area contributed by atoms with Gasteiger partial charge >= 0.3 is 11.9 Å². The van der Waals surface area contributed by atoms with E-state index in [4.69, 9.17) is 23.9 Å². The lowest BCUT2D eigenvalue weighted by Gasteiger charge is -2.39. The average molecular weight is 603 g/mol. The van der Waals surface area contributed by atoms with E-state index in [2.05, 4.69) is 26.0 Å². The summed E-state index contributed by atoms with van der Waals surface area (Å²) in [7, 11) is 3.05. The normalized spacial score (nSPS) is 15.9. The maximum absolute atomic E-state index is 13.5. The monoisotopic (exact) mass is 602 g/mol. The second-order valence-corrected chi connectivity index (χ2v) is 11.8. The number of benzene rings is 3. The van der Waals surface area contributed by atoms with Crippen molar-refractivity contribution in [1.82, 2.24) is 4.90 Å². The van der Waals surface area contributed by atoms with Crippen LogP contribution in [0.2, 0.25) is 0 Å². The summed E-state index contributed by atoms with van der Waals surface area (Å²) < 4.78 is 22.1. The van der Waals surface area contributed by atoms with Gasteiger partial charge in [0.15, 0.2) is 0 Å². The lowest BCUT2D eigenvalue weighted by atomic mass is 9.98. The molecule has 3 aromatic rings. The van der Waals surface area contributed by atoms with Gasteiger partial charge in [-0.1, -0.05) is 68.4 Å². The van der Waals surface area contributed by atoms with E-state index in [1.54, 1.807) is 30.2 Å². The maximum atomic E-state index is 13.5. The number of aliphatic hydroxyl groups is 1. The van der Waals surface area contributed by atoms with Gasteiger partial charge < -0.3 is 29.0 Å². The number of hydrogen-bond acceptors (Lipinski definition) is 8. The summed E-state index contributed by atoms with van der Waals surface area (Å²) in [6.45, 7) is 7.32. The third kappa shape index (κ3) is 8.17. The van der Waals surface area contributed by atoms with Crippen molar-refractivity contribution in [3.8, 4) is 11.5 Å². The van der Waals surface area contributed by atoms with Crippen molar-refractivity contribution in [3.63, 3.8) is 0 Å². The molecule has 1 saturated heterocycles. The van der Waals surface area contributed by atoms with Gasteiger partial charge in [-0.2, -0.15) is 0 Å². The van der Waals surface area contributed by atoms with E-state index in [-0.39, 0.29) is 19.0 Å². The Hall–Kier alpha value is -4.37. The van der Waals surface area contributed by atoms with Crippen molar-refractivity contribution in [2.24, 2.45) is 16.8 Å². The zero-order valence-electron chi connectivity index (χ0n) is 26.3. The van der Waals surface area contributed by atoms with Gasteiger partial charge in [-0.25, -0.2) is 4.99 Å². The summed E-state index contributed by atoms with van der Waals surface area (Å²) in [4.78, 5) is 33.8. The Morgan fingerprint density at radius 2 is 1.50 bits per heavy atom. The van der Waals surface area contributed by atoms with E-state index in [1.807, 2.05) is 42.5 Å². The number of hydrogen-bond donors (Lipinski definition) is 1. The Labute approximate surface area is 259 Å². The number of cyclic esters (lactones) is 2. The van der Waals surface area contributed by atoms with Crippen molar-refractivity contribution in [2.45, 2.75) is 58.9 Å². The van der Waals surface area contributed by atoms with Gasteiger partial charge in [-0.05, 0) is 47.6 Å². The number of carbonyl (C=O) groups excluding carboxylic acids is 2. The van der Waals surface area contributed by atoms with Crippen LogP contribution in [0, 0.1) is 11.8 Å². The fraction of sp³-hybridized carbons (Fsp3) is 0.400. The first-order valence-electron chi connectivity index (χ1n) is 14.8. The molecule has 4 rings (SSSR count). The van der Waals surface area contributed by atoms with Gasteiger partial charge in [0.25, 0.3) is 5.79 Å². The predicted molar refractivity (Wildman–Crippen MR) is 168 cm³/mol. The Morgan fingerprint density at radius 1 is 0.886 bits per heavy atom. The standard InChI is InChI=1S/C35H42N2O7/c1-23(2)18-25-12-14-26(15-13-25)21-37(27(22-38)19-24-10-8-7-9-11-24)32(31-33(39)43-35(3,4)44-34(31)40)36-29-17-16-28(41-5)20-30(29)42-6/h7-17,20,23,27,31,38H,18-19,21-22H2,1-6H3/t27-/m1/s1. The zero-order valence-corrected chi connectivity index (χ0v) is 26.3. The largest absolute Gasteiger partial charge is 0.497 e. The van der Waals surface area contributed by atoms with Crippen molar-refractivity contribution >= 4 is 23.5 Å². The number of methoxy groups -OCH3 is 2. The first-order valence-corrected chi connectivity index (χ1v) is 14.8. The molecule has 1 aliphatic heterocycles. The average Bonchev–Trinajstić information content (AvgIpc) is 2.98. The van der Waals surface area contributed by atoms with Crippen LogP contribution in [0.3, 0.4) is 0 Å². The number of amidine groups is 1. The molecule has 0 radical (unpaired) electrons. The quantitative estimate of drug-likeness (QED) is 0.126. The Morgan fingerprint density at radius 3 is 2.07 bits per heavy atom. The van der Waals surface area contributed by atoms with Gasteiger partial charge in [0.2, 0.25) is 5.92 Å². The van der Waals surface area contributed by atoms with Crippen LogP contribution in [-0.4, -0.2) is 60.4 Å². The summed E-state index contributed by atoms with van der Waals surface area (Å²) in [5.74, 6) is -2.98.